The smallest absolute Gasteiger partial charge is 0.261 e. The molecule has 0 aliphatic carbocycles. The second-order valence-electron chi connectivity index (χ2n) is 7.14. The summed E-state index contributed by atoms with van der Waals surface area (Å²) in [5.74, 6) is 0.386. The molecule has 0 aliphatic rings. The second kappa shape index (κ2) is 8.15. The fraction of sp³-hybridized carbons (Fsp3) is 0. The Balaban J connectivity index is 1.55. The van der Waals surface area contributed by atoms with Crippen LogP contribution in [0.1, 0.15) is 0 Å². The summed E-state index contributed by atoms with van der Waals surface area (Å²) in [6.07, 6.45) is 4.80. The molecule has 0 radical (unpaired) electrons. The number of aromatic amines is 1. The van der Waals surface area contributed by atoms with Gasteiger partial charge in [-0.3, -0.25) is 9.82 Å². The third-order valence-corrected chi connectivity index (χ3v) is 6.63. The van der Waals surface area contributed by atoms with E-state index in [0.717, 1.165) is 16.6 Å². The minimum atomic E-state index is -3.83. The number of H-pyrrole nitrogens is 1. The molecule has 0 saturated carbocycles. The van der Waals surface area contributed by atoms with E-state index in [4.69, 9.17) is 17.3 Å². The number of pyridine rings is 3. The molecule has 5 rings (SSSR count). The summed E-state index contributed by atoms with van der Waals surface area (Å²) >= 11 is 6.19. The summed E-state index contributed by atoms with van der Waals surface area (Å²) in [5.41, 5.74) is 9.38. The molecule has 0 unspecified atom stereocenters. The van der Waals surface area contributed by atoms with Crippen LogP contribution in [0.4, 0.5) is 11.5 Å². The molecule has 9 nitrogen and oxygen atoms in total. The maximum Gasteiger partial charge on any atom is 0.261 e. The summed E-state index contributed by atoms with van der Waals surface area (Å²) < 4.78 is 28.0. The van der Waals surface area contributed by atoms with Gasteiger partial charge in [-0.15, -0.1) is 0 Å². The van der Waals surface area contributed by atoms with Gasteiger partial charge >= 0.3 is 0 Å². The first kappa shape index (κ1) is 20.9. The first-order valence-corrected chi connectivity index (χ1v) is 11.6. The van der Waals surface area contributed by atoms with Crippen LogP contribution in [0.15, 0.2) is 78.1 Å². The highest BCUT2D eigenvalue weighted by Crippen LogP contribution is 2.32. The molecule has 164 valence electrons. The Kier molecular flexibility index (Phi) is 5.15. The van der Waals surface area contributed by atoms with Crippen molar-refractivity contribution in [1.29, 1.82) is 0 Å². The number of nitrogen functional groups attached to an aromatic ring is 1. The lowest BCUT2D eigenvalue weighted by atomic mass is 10.1. The van der Waals surface area contributed by atoms with Crippen molar-refractivity contribution >= 4 is 44.2 Å². The summed E-state index contributed by atoms with van der Waals surface area (Å²) in [6, 6.07) is 15.1. The van der Waals surface area contributed by atoms with Crippen molar-refractivity contribution in [3.8, 4) is 22.4 Å². The van der Waals surface area contributed by atoms with Crippen molar-refractivity contribution in [3.63, 3.8) is 0 Å². The quantitative estimate of drug-likeness (QED) is 0.323. The Labute approximate surface area is 193 Å². The van der Waals surface area contributed by atoms with Crippen molar-refractivity contribution in [3.05, 3.63) is 78.3 Å². The molecule has 4 heterocycles. The lowest BCUT2D eigenvalue weighted by Gasteiger charge is -2.11. The topological polar surface area (TPSA) is 140 Å². The van der Waals surface area contributed by atoms with Crippen LogP contribution in [-0.4, -0.2) is 33.6 Å². The Morgan fingerprint density at radius 1 is 0.909 bits per heavy atom. The normalized spacial score (nSPS) is 11.5. The predicted molar refractivity (Wildman–Crippen MR) is 127 cm³/mol. The molecule has 0 amide bonds. The number of nitrogens with zero attached hydrogens (tertiary/aromatic N) is 4. The average Bonchev–Trinajstić information content (AvgIpc) is 3.24. The number of benzene rings is 1. The van der Waals surface area contributed by atoms with E-state index in [1.54, 1.807) is 48.9 Å². The van der Waals surface area contributed by atoms with Crippen molar-refractivity contribution in [2.24, 2.45) is 0 Å². The van der Waals surface area contributed by atoms with Gasteiger partial charge in [0.15, 0.2) is 10.8 Å². The van der Waals surface area contributed by atoms with Gasteiger partial charge in [-0.2, -0.15) is 5.10 Å². The lowest BCUT2D eigenvalue weighted by Crippen LogP contribution is -2.13. The van der Waals surface area contributed by atoms with E-state index >= 15 is 0 Å². The number of fused-ring (bicyclic) bond motifs is 1. The molecule has 0 spiro atoms. The molecule has 1 aromatic carbocycles. The van der Waals surface area contributed by atoms with Gasteiger partial charge in [0.2, 0.25) is 0 Å². The van der Waals surface area contributed by atoms with E-state index in [1.165, 1.54) is 12.1 Å². The summed E-state index contributed by atoms with van der Waals surface area (Å²) in [6.45, 7) is 0. The number of anilines is 2. The molecule has 4 aromatic heterocycles. The number of nitrogens with one attached hydrogen (secondary N) is 2. The molecule has 5 aromatic rings. The largest absolute Gasteiger partial charge is 0.384 e. The van der Waals surface area contributed by atoms with Crippen molar-refractivity contribution in [2.75, 3.05) is 10.5 Å². The zero-order chi connectivity index (χ0) is 23.0. The third-order valence-electron chi connectivity index (χ3n) is 4.95. The maximum absolute atomic E-state index is 12.7. The van der Waals surface area contributed by atoms with Crippen LogP contribution in [0.3, 0.4) is 0 Å². The van der Waals surface area contributed by atoms with Gasteiger partial charge in [0.1, 0.15) is 5.82 Å². The maximum atomic E-state index is 12.7. The van der Waals surface area contributed by atoms with Gasteiger partial charge in [-0.05, 0) is 36.4 Å². The first-order chi connectivity index (χ1) is 15.9. The van der Waals surface area contributed by atoms with Crippen molar-refractivity contribution in [1.82, 2.24) is 25.1 Å². The van der Waals surface area contributed by atoms with Crippen LogP contribution in [0.2, 0.25) is 5.15 Å². The van der Waals surface area contributed by atoms with Crippen molar-refractivity contribution in [2.45, 2.75) is 4.90 Å². The lowest BCUT2D eigenvalue weighted by molar-refractivity contribution is 0.601. The van der Waals surface area contributed by atoms with Crippen LogP contribution in [0.5, 0.6) is 0 Å². The number of aromatic nitrogens is 5. The summed E-state index contributed by atoms with van der Waals surface area (Å²) in [4.78, 5) is 12.7. The molecular weight excluding hydrogens is 462 g/mol. The van der Waals surface area contributed by atoms with Gasteiger partial charge in [0, 0.05) is 40.7 Å². The number of nitrogens with two attached hydrogens (primary N) is 1. The molecular formula is C22H16ClN7O2S. The average molecular weight is 478 g/mol. The van der Waals surface area contributed by atoms with Crippen molar-refractivity contribution < 1.29 is 8.42 Å². The van der Waals surface area contributed by atoms with Crippen LogP contribution in [0.25, 0.3) is 33.4 Å². The van der Waals surface area contributed by atoms with E-state index in [-0.39, 0.29) is 15.7 Å². The van der Waals surface area contributed by atoms with E-state index in [1.807, 2.05) is 12.1 Å². The highest BCUT2D eigenvalue weighted by atomic mass is 35.5. The zero-order valence-electron chi connectivity index (χ0n) is 16.9. The molecule has 0 bridgehead atoms. The molecule has 33 heavy (non-hydrogen) atoms. The molecule has 11 heteroatoms. The van der Waals surface area contributed by atoms with Crippen LogP contribution in [-0.2, 0) is 10.0 Å². The molecule has 0 fully saturated rings. The third kappa shape index (κ3) is 4.09. The van der Waals surface area contributed by atoms with Crippen LogP contribution in [0, 0.1) is 0 Å². The van der Waals surface area contributed by atoms with Gasteiger partial charge in [0.05, 0.1) is 16.3 Å². The Morgan fingerprint density at radius 2 is 1.67 bits per heavy atom. The number of rotatable bonds is 5. The number of sulfonamides is 1. The van der Waals surface area contributed by atoms with E-state index in [0.29, 0.717) is 22.6 Å². The van der Waals surface area contributed by atoms with Crippen LogP contribution >= 0.6 is 11.6 Å². The minimum Gasteiger partial charge on any atom is -0.384 e. The van der Waals surface area contributed by atoms with Gasteiger partial charge in [-0.1, -0.05) is 29.8 Å². The Hall–Kier alpha value is -4.02. The Bertz CT molecular complexity index is 1590. The van der Waals surface area contributed by atoms with E-state index < -0.39 is 10.0 Å². The van der Waals surface area contributed by atoms with Crippen LogP contribution < -0.4 is 10.5 Å². The fourth-order valence-electron chi connectivity index (χ4n) is 3.36. The minimum absolute atomic E-state index is 0.0311. The Morgan fingerprint density at radius 3 is 2.45 bits per heavy atom. The molecule has 0 aliphatic heterocycles. The second-order valence-corrected chi connectivity index (χ2v) is 9.18. The number of halogens is 1. The van der Waals surface area contributed by atoms with E-state index in [2.05, 4.69) is 29.9 Å². The highest BCUT2D eigenvalue weighted by Gasteiger charge is 2.17. The van der Waals surface area contributed by atoms with E-state index in [9.17, 15) is 8.42 Å². The molecule has 4 N–H and O–H groups in total. The summed E-state index contributed by atoms with van der Waals surface area (Å²) in [7, 11) is -3.83. The SMILES string of the molecule is Nc1cc(-c2[nH]nc3ncc(-c4cnc(Cl)c(NS(=O)(=O)c5ccccc5)c4)cc23)ccn1. The molecule has 0 atom stereocenters. The zero-order valence-corrected chi connectivity index (χ0v) is 18.5. The number of hydrogen-bond donors (Lipinski definition) is 3. The van der Waals surface area contributed by atoms with Gasteiger partial charge in [-0.25, -0.2) is 23.4 Å². The standard InChI is InChI=1S/C22H16ClN7O2S/c23-21-18(30-33(31,32)16-4-2-1-3-5-16)9-15(11-26-21)14-8-17-20(28-29-22(17)27-12-14)13-6-7-25-19(24)10-13/h1-12,30H,(H2,24,25)(H,27,28,29). The fourth-order valence-corrected chi connectivity index (χ4v) is 4.65. The molecule has 0 saturated heterocycles. The predicted octanol–water partition coefficient (Wildman–Crippen LogP) is 4.12. The monoisotopic (exact) mass is 477 g/mol. The van der Waals surface area contributed by atoms with Gasteiger partial charge in [0.25, 0.3) is 10.0 Å². The first-order valence-electron chi connectivity index (χ1n) is 9.70. The number of hydrogen-bond acceptors (Lipinski definition) is 7. The summed E-state index contributed by atoms with van der Waals surface area (Å²) in [5, 5.41) is 8.02. The highest BCUT2D eigenvalue weighted by molar-refractivity contribution is 7.92. The van der Waals surface area contributed by atoms with Gasteiger partial charge < -0.3 is 5.73 Å².